The van der Waals surface area contributed by atoms with Gasteiger partial charge in [0.2, 0.25) is 7.83 Å². The Balaban J connectivity index is 5.50. The van der Waals surface area contributed by atoms with Crippen molar-refractivity contribution in [2.45, 2.75) is 77.6 Å². The minimum atomic E-state index is -1.70. The molecule has 1 unspecified atom stereocenters. The first kappa shape index (κ1) is 19.4. The second-order valence-electron chi connectivity index (χ2n) is 5.91. The minimum absolute atomic E-state index is 0.920. The van der Waals surface area contributed by atoms with Gasteiger partial charge < -0.3 is 9.16 Å². The molecule has 0 heterocycles. The third-order valence-electron chi connectivity index (χ3n) is 4.57. The molecule has 1 atom stereocenters. The number of hydrogen-bond donors (Lipinski definition) is 0. The van der Waals surface area contributed by atoms with Crippen molar-refractivity contribution in [3.63, 3.8) is 0 Å². The van der Waals surface area contributed by atoms with E-state index in [1.54, 1.807) is 0 Å². The minimum Gasteiger partial charge on any atom is -0.420 e. The van der Waals surface area contributed by atoms with Crippen LogP contribution in [-0.2, 0) is 9.16 Å². The first-order valence-electron chi connectivity index (χ1n) is 8.16. The summed E-state index contributed by atoms with van der Waals surface area (Å²) in [5, 5.41) is 0. The first-order chi connectivity index (χ1) is 9.11. The third kappa shape index (κ3) is 4.69. The summed E-state index contributed by atoms with van der Waals surface area (Å²) in [4.78, 5) is 0. The highest BCUT2D eigenvalue weighted by Crippen LogP contribution is 2.38. The monoisotopic (exact) mass is 304 g/mol. The van der Waals surface area contributed by atoms with Crippen molar-refractivity contribution in [2.75, 3.05) is 20.4 Å². The Hall–Kier alpha value is 0.354. The van der Waals surface area contributed by atoms with Crippen LogP contribution in [0.15, 0.2) is 0 Å². The normalized spacial score (nSPS) is 15.5. The standard InChI is InChI=1S/C15H36O2Si2/c1-7-11-18(12-8-2,13-9-3)19(17-6,14-10-4)15-16-5/h7-15H2,1-6H3. The lowest BCUT2D eigenvalue weighted by molar-refractivity contribution is 0.224. The molecule has 0 aromatic rings. The number of hydrogen-bond acceptors (Lipinski definition) is 2. The lowest BCUT2D eigenvalue weighted by atomic mass is 10.6. The molecule has 0 aliphatic rings. The van der Waals surface area contributed by atoms with E-state index in [9.17, 15) is 0 Å². The maximum Gasteiger partial charge on any atom is 0.204 e. The zero-order chi connectivity index (χ0) is 14.8. The molecule has 0 saturated heterocycles. The molecule has 0 aliphatic carbocycles. The smallest absolute Gasteiger partial charge is 0.204 e. The Labute approximate surface area is 123 Å². The summed E-state index contributed by atoms with van der Waals surface area (Å²) in [7, 11) is 0.815. The van der Waals surface area contributed by atoms with E-state index in [4.69, 9.17) is 9.16 Å². The van der Waals surface area contributed by atoms with Crippen LogP contribution >= 0.6 is 0 Å². The van der Waals surface area contributed by atoms with Gasteiger partial charge in [-0.3, -0.25) is 0 Å². The van der Waals surface area contributed by atoms with Gasteiger partial charge in [0.05, 0.1) is 13.8 Å². The van der Waals surface area contributed by atoms with Crippen molar-refractivity contribution in [1.29, 1.82) is 0 Å². The van der Waals surface area contributed by atoms with Crippen LogP contribution in [0.2, 0.25) is 24.2 Å². The summed E-state index contributed by atoms with van der Waals surface area (Å²) in [6, 6.07) is 5.62. The largest absolute Gasteiger partial charge is 0.420 e. The predicted octanol–water partition coefficient (Wildman–Crippen LogP) is 4.93. The maximum atomic E-state index is 6.32. The van der Waals surface area contributed by atoms with Gasteiger partial charge in [-0.1, -0.05) is 71.5 Å². The van der Waals surface area contributed by atoms with Crippen LogP contribution in [0.25, 0.3) is 0 Å². The second-order valence-corrected chi connectivity index (χ2v) is 19.1. The highest BCUT2D eigenvalue weighted by atomic mass is 29.3. The van der Waals surface area contributed by atoms with E-state index < -0.39 is 15.4 Å². The molecule has 4 heteroatoms. The number of rotatable bonds is 12. The molecule has 0 radical (unpaired) electrons. The van der Waals surface area contributed by atoms with Crippen LogP contribution in [0, 0.1) is 0 Å². The van der Waals surface area contributed by atoms with Crippen molar-refractivity contribution >= 4 is 15.4 Å². The fourth-order valence-electron chi connectivity index (χ4n) is 4.00. The third-order valence-corrected chi connectivity index (χ3v) is 23.6. The molecule has 0 aliphatic heterocycles. The molecule has 116 valence electrons. The topological polar surface area (TPSA) is 18.5 Å². The molecule has 0 rings (SSSR count). The number of methoxy groups -OCH3 is 1. The van der Waals surface area contributed by atoms with Crippen LogP contribution in [0.3, 0.4) is 0 Å². The second kappa shape index (κ2) is 10.1. The van der Waals surface area contributed by atoms with E-state index in [0.29, 0.717) is 0 Å². The lowest BCUT2D eigenvalue weighted by Gasteiger charge is -2.46. The first-order valence-corrected chi connectivity index (χ1v) is 14.1. The van der Waals surface area contributed by atoms with E-state index >= 15 is 0 Å². The summed E-state index contributed by atoms with van der Waals surface area (Å²) >= 11 is 0. The summed E-state index contributed by atoms with van der Waals surface area (Å²) in [6.45, 7) is 9.35. The summed E-state index contributed by atoms with van der Waals surface area (Å²) < 4.78 is 12.0. The summed E-state index contributed by atoms with van der Waals surface area (Å²) in [5.41, 5.74) is 0. The van der Waals surface area contributed by atoms with Crippen LogP contribution in [0.1, 0.15) is 53.4 Å². The summed E-state index contributed by atoms with van der Waals surface area (Å²) in [5.74, 6) is 0. The molecule has 0 spiro atoms. The van der Waals surface area contributed by atoms with Crippen LogP contribution in [0.5, 0.6) is 0 Å². The molecule has 0 amide bonds. The summed E-state index contributed by atoms with van der Waals surface area (Å²) in [6.07, 6.45) is 6.12. The fraction of sp³-hybridized carbons (Fsp3) is 1.00. The van der Waals surface area contributed by atoms with Gasteiger partial charge >= 0.3 is 0 Å². The molecular formula is C15H36O2Si2. The quantitative estimate of drug-likeness (QED) is 0.476. The maximum absolute atomic E-state index is 6.32. The van der Waals surface area contributed by atoms with Gasteiger partial charge in [-0.25, -0.2) is 0 Å². The van der Waals surface area contributed by atoms with Gasteiger partial charge in [0.15, 0.2) is 0 Å². The SMILES string of the molecule is CCC[Si](CCC)(CCC)[Si](CCC)(COC)OC. The average Bonchev–Trinajstić information content (AvgIpc) is 2.39. The van der Waals surface area contributed by atoms with Gasteiger partial charge in [0, 0.05) is 14.2 Å². The van der Waals surface area contributed by atoms with E-state index in [1.807, 2.05) is 14.2 Å². The predicted molar refractivity (Wildman–Crippen MR) is 90.8 cm³/mol. The fourth-order valence-corrected chi connectivity index (χ4v) is 23.3. The molecule has 0 fully saturated rings. The molecule has 0 saturated carbocycles. The molecule has 0 N–H and O–H groups in total. The van der Waals surface area contributed by atoms with Gasteiger partial charge in [0.25, 0.3) is 0 Å². The zero-order valence-corrected chi connectivity index (χ0v) is 16.2. The van der Waals surface area contributed by atoms with E-state index in [-0.39, 0.29) is 0 Å². The molecule has 19 heavy (non-hydrogen) atoms. The highest BCUT2D eigenvalue weighted by molar-refractivity contribution is 7.40. The molecular weight excluding hydrogens is 268 g/mol. The molecule has 0 aromatic carbocycles. The zero-order valence-electron chi connectivity index (χ0n) is 14.2. The van der Waals surface area contributed by atoms with E-state index in [0.717, 1.165) is 6.23 Å². The van der Waals surface area contributed by atoms with Gasteiger partial charge in [0.1, 0.15) is 0 Å². The number of ether oxygens (including phenoxy) is 1. The van der Waals surface area contributed by atoms with Crippen molar-refractivity contribution in [2.24, 2.45) is 0 Å². The van der Waals surface area contributed by atoms with Crippen LogP contribution < -0.4 is 0 Å². The lowest BCUT2D eigenvalue weighted by Crippen LogP contribution is -2.67. The van der Waals surface area contributed by atoms with Crippen LogP contribution in [-0.4, -0.2) is 35.9 Å². The van der Waals surface area contributed by atoms with Crippen molar-refractivity contribution < 1.29 is 9.16 Å². The van der Waals surface area contributed by atoms with Crippen molar-refractivity contribution in [1.82, 2.24) is 0 Å². The average molecular weight is 305 g/mol. The highest BCUT2D eigenvalue weighted by Gasteiger charge is 2.53. The van der Waals surface area contributed by atoms with Gasteiger partial charge in [-0.05, 0) is 6.04 Å². The molecule has 2 nitrogen and oxygen atoms in total. The van der Waals surface area contributed by atoms with E-state index in [2.05, 4.69) is 27.7 Å². The van der Waals surface area contributed by atoms with Crippen molar-refractivity contribution in [3.05, 3.63) is 0 Å². The van der Waals surface area contributed by atoms with Crippen molar-refractivity contribution in [3.8, 4) is 0 Å². The Morgan fingerprint density at radius 3 is 1.37 bits per heavy atom. The Bertz CT molecular complexity index is 199. The van der Waals surface area contributed by atoms with Gasteiger partial charge in [-0.15, -0.1) is 0 Å². The Kier molecular flexibility index (Phi) is 10.3. The van der Waals surface area contributed by atoms with E-state index in [1.165, 1.54) is 49.9 Å². The molecule has 0 bridgehead atoms. The van der Waals surface area contributed by atoms with Crippen LogP contribution in [0.4, 0.5) is 0 Å². The Morgan fingerprint density at radius 1 is 0.684 bits per heavy atom. The molecule has 0 aromatic heterocycles. The van der Waals surface area contributed by atoms with Gasteiger partial charge in [-0.2, -0.15) is 0 Å². The Morgan fingerprint density at radius 2 is 1.11 bits per heavy atom.